The molecule has 0 saturated carbocycles. The largest absolute Gasteiger partial charge is 0.460 e. The monoisotopic (exact) mass is 281 g/mol. The zero-order valence-corrected chi connectivity index (χ0v) is 13.5. The third-order valence-corrected chi connectivity index (χ3v) is 2.70. The zero-order valence-electron chi connectivity index (χ0n) is 13.5. The van der Waals surface area contributed by atoms with Crippen molar-refractivity contribution in [3.8, 4) is 0 Å². The molecule has 0 aromatic carbocycles. The highest BCUT2D eigenvalue weighted by atomic mass is 16.5. The van der Waals surface area contributed by atoms with E-state index >= 15 is 0 Å². The number of nitrogens with one attached hydrogen (secondary N) is 1. The van der Waals surface area contributed by atoms with Gasteiger partial charge in [0.15, 0.2) is 0 Å². The molecule has 0 radical (unpaired) electrons. The average molecular weight is 281 g/mol. The molecule has 0 heterocycles. The Balaban J connectivity index is 4.40. The number of hydrogen-bond acceptors (Lipinski definition) is 3. The van der Waals surface area contributed by atoms with Gasteiger partial charge in [-0.25, -0.2) is 4.79 Å². The first kappa shape index (κ1) is 18.4. The van der Waals surface area contributed by atoms with Crippen molar-refractivity contribution in [3.05, 3.63) is 23.8 Å². The van der Waals surface area contributed by atoms with Gasteiger partial charge in [0.1, 0.15) is 6.61 Å². The first-order valence-electron chi connectivity index (χ1n) is 6.81. The molecule has 0 fully saturated rings. The van der Waals surface area contributed by atoms with Crippen molar-refractivity contribution in [2.45, 2.75) is 41.5 Å². The third kappa shape index (κ3) is 7.12. The van der Waals surface area contributed by atoms with Crippen LogP contribution < -0.4 is 5.32 Å². The van der Waals surface area contributed by atoms with Crippen molar-refractivity contribution in [2.24, 2.45) is 11.3 Å². The van der Waals surface area contributed by atoms with Crippen molar-refractivity contribution in [2.75, 3.05) is 13.2 Å². The first-order valence-corrected chi connectivity index (χ1v) is 6.81. The molecule has 1 unspecified atom stereocenters. The van der Waals surface area contributed by atoms with Crippen LogP contribution in [0.3, 0.4) is 0 Å². The Bertz CT molecular complexity index is 398. The van der Waals surface area contributed by atoms with Gasteiger partial charge in [0.25, 0.3) is 0 Å². The van der Waals surface area contributed by atoms with E-state index < -0.39 is 5.97 Å². The lowest BCUT2D eigenvalue weighted by Gasteiger charge is -2.27. The van der Waals surface area contributed by atoms with Crippen molar-refractivity contribution in [3.63, 3.8) is 0 Å². The molecular weight excluding hydrogens is 254 g/mol. The van der Waals surface area contributed by atoms with E-state index in [0.717, 1.165) is 5.57 Å². The van der Waals surface area contributed by atoms with E-state index in [9.17, 15) is 9.59 Å². The second-order valence-electron chi connectivity index (χ2n) is 6.29. The lowest BCUT2D eigenvalue weighted by Crippen LogP contribution is -2.38. The maximum Gasteiger partial charge on any atom is 0.333 e. The van der Waals surface area contributed by atoms with Crippen LogP contribution in [-0.2, 0) is 14.3 Å². The van der Waals surface area contributed by atoms with Crippen molar-refractivity contribution >= 4 is 11.9 Å². The van der Waals surface area contributed by atoms with Crippen molar-refractivity contribution < 1.29 is 14.3 Å². The highest BCUT2D eigenvalue weighted by Crippen LogP contribution is 2.28. The predicted molar refractivity (Wildman–Crippen MR) is 81.2 cm³/mol. The van der Waals surface area contributed by atoms with Gasteiger partial charge < -0.3 is 10.1 Å². The molecule has 114 valence electrons. The number of rotatable bonds is 6. The van der Waals surface area contributed by atoms with Gasteiger partial charge in [-0.15, -0.1) is 0 Å². The molecule has 20 heavy (non-hydrogen) atoms. The molecule has 0 aliphatic rings. The highest BCUT2D eigenvalue weighted by molar-refractivity contribution is 5.87. The average Bonchev–Trinajstić information content (AvgIpc) is 2.29. The second-order valence-corrected chi connectivity index (χ2v) is 6.29. The fourth-order valence-corrected chi connectivity index (χ4v) is 1.60. The molecule has 1 N–H and O–H groups in total. The van der Waals surface area contributed by atoms with Crippen LogP contribution in [0.4, 0.5) is 0 Å². The SMILES string of the molecule is C=C(C)C(=O)OCCNC(=O)C(C=C(C)C)C(C)(C)C. The number of allylic oxidation sites excluding steroid dienone is 1. The van der Waals surface area contributed by atoms with Gasteiger partial charge >= 0.3 is 5.97 Å². The van der Waals surface area contributed by atoms with Crippen LogP contribution in [-0.4, -0.2) is 25.0 Å². The number of hydrogen-bond donors (Lipinski definition) is 1. The Morgan fingerprint density at radius 1 is 1.25 bits per heavy atom. The van der Waals surface area contributed by atoms with Gasteiger partial charge in [-0.3, -0.25) is 4.79 Å². The Labute approximate surface area is 122 Å². The van der Waals surface area contributed by atoms with Gasteiger partial charge in [0.05, 0.1) is 12.5 Å². The molecule has 1 amide bonds. The molecule has 0 aliphatic heterocycles. The first-order chi connectivity index (χ1) is 9.05. The number of carbonyl (C=O) groups is 2. The smallest absolute Gasteiger partial charge is 0.333 e. The molecule has 0 bridgehead atoms. The molecule has 0 aliphatic carbocycles. The minimum Gasteiger partial charge on any atom is -0.460 e. The van der Waals surface area contributed by atoms with Crippen molar-refractivity contribution in [1.82, 2.24) is 5.32 Å². The van der Waals surface area contributed by atoms with E-state index in [-0.39, 0.29) is 23.8 Å². The fraction of sp³-hybridized carbons (Fsp3) is 0.625. The normalized spacial score (nSPS) is 12.3. The molecule has 1 atom stereocenters. The zero-order chi connectivity index (χ0) is 15.9. The summed E-state index contributed by atoms with van der Waals surface area (Å²) in [6, 6.07) is 0. The molecule has 0 saturated heterocycles. The Hall–Kier alpha value is -1.58. The summed E-state index contributed by atoms with van der Waals surface area (Å²) in [4.78, 5) is 23.4. The summed E-state index contributed by atoms with van der Waals surface area (Å²) in [6.07, 6.45) is 1.97. The summed E-state index contributed by atoms with van der Waals surface area (Å²) >= 11 is 0. The van der Waals surface area contributed by atoms with E-state index in [1.54, 1.807) is 6.92 Å². The minimum absolute atomic E-state index is 0.0509. The van der Waals surface area contributed by atoms with Crippen LogP contribution in [0.5, 0.6) is 0 Å². The Morgan fingerprint density at radius 3 is 2.20 bits per heavy atom. The summed E-state index contributed by atoms with van der Waals surface area (Å²) in [6.45, 7) is 15.6. The maximum absolute atomic E-state index is 12.2. The molecule has 0 aromatic rings. The topological polar surface area (TPSA) is 55.4 Å². The summed E-state index contributed by atoms with van der Waals surface area (Å²) < 4.78 is 4.93. The van der Waals surface area contributed by atoms with Crippen LogP contribution in [0.15, 0.2) is 23.8 Å². The van der Waals surface area contributed by atoms with E-state index in [4.69, 9.17) is 4.74 Å². The van der Waals surface area contributed by atoms with Crippen LogP contribution in [0.25, 0.3) is 0 Å². The van der Waals surface area contributed by atoms with E-state index in [1.165, 1.54) is 0 Å². The summed E-state index contributed by atoms with van der Waals surface area (Å²) in [5.74, 6) is -0.690. The predicted octanol–water partition coefficient (Wildman–Crippen LogP) is 2.85. The standard InChI is InChI=1S/C16H27NO3/c1-11(2)10-13(16(5,6)7)14(18)17-8-9-20-15(19)12(3)4/h10,13H,3,8-9H2,1-2,4-7H3,(H,17,18). The highest BCUT2D eigenvalue weighted by Gasteiger charge is 2.28. The number of amides is 1. The number of ether oxygens (including phenoxy) is 1. The number of esters is 1. The quantitative estimate of drug-likeness (QED) is 0.352. The molecule has 4 heteroatoms. The van der Waals surface area contributed by atoms with Gasteiger partial charge in [0.2, 0.25) is 5.91 Å². The van der Waals surface area contributed by atoms with E-state index in [0.29, 0.717) is 12.1 Å². The molecule has 0 aromatic heterocycles. The molecular formula is C16H27NO3. The van der Waals surface area contributed by atoms with Crippen LogP contribution in [0, 0.1) is 11.3 Å². The van der Waals surface area contributed by atoms with Gasteiger partial charge in [-0.2, -0.15) is 0 Å². The van der Waals surface area contributed by atoms with Crippen LogP contribution in [0.2, 0.25) is 0 Å². The van der Waals surface area contributed by atoms with Gasteiger partial charge in [-0.05, 0) is 26.2 Å². The Morgan fingerprint density at radius 2 is 1.80 bits per heavy atom. The molecule has 0 spiro atoms. The molecule has 4 nitrogen and oxygen atoms in total. The number of carbonyl (C=O) groups excluding carboxylic acids is 2. The van der Waals surface area contributed by atoms with Gasteiger partial charge in [0, 0.05) is 5.57 Å². The fourth-order valence-electron chi connectivity index (χ4n) is 1.60. The Kier molecular flexibility index (Phi) is 7.25. The minimum atomic E-state index is -0.434. The van der Waals surface area contributed by atoms with Crippen molar-refractivity contribution in [1.29, 1.82) is 0 Å². The van der Waals surface area contributed by atoms with E-state index in [2.05, 4.69) is 11.9 Å². The van der Waals surface area contributed by atoms with Crippen LogP contribution >= 0.6 is 0 Å². The lowest BCUT2D eigenvalue weighted by atomic mass is 9.79. The lowest BCUT2D eigenvalue weighted by molar-refractivity contribution is -0.139. The van der Waals surface area contributed by atoms with Crippen LogP contribution in [0.1, 0.15) is 41.5 Å². The van der Waals surface area contributed by atoms with Gasteiger partial charge in [-0.1, -0.05) is 39.0 Å². The summed E-state index contributed by atoms with van der Waals surface area (Å²) in [7, 11) is 0. The summed E-state index contributed by atoms with van der Waals surface area (Å²) in [5.41, 5.74) is 1.30. The molecule has 0 rings (SSSR count). The second kappa shape index (κ2) is 7.88. The summed E-state index contributed by atoms with van der Waals surface area (Å²) in [5, 5.41) is 2.80. The maximum atomic E-state index is 12.2. The van der Waals surface area contributed by atoms with E-state index in [1.807, 2.05) is 40.7 Å². The third-order valence-electron chi connectivity index (χ3n) is 2.70.